The normalized spacial score (nSPS) is 16.4. The minimum Gasteiger partial charge on any atom is -0.332 e. The van der Waals surface area contributed by atoms with Gasteiger partial charge in [0.15, 0.2) is 0 Å². The van der Waals surface area contributed by atoms with E-state index >= 15 is 0 Å². The molecule has 1 aromatic carbocycles. The summed E-state index contributed by atoms with van der Waals surface area (Å²) < 4.78 is 2.77. The molecule has 2 aromatic rings. The number of rotatable bonds is 4. The first-order valence-corrected chi connectivity index (χ1v) is 9.59. The molecule has 1 saturated carbocycles. The quantitative estimate of drug-likeness (QED) is 0.784. The number of anilines is 1. The van der Waals surface area contributed by atoms with Gasteiger partial charge in [-0.1, -0.05) is 47.3 Å². The second-order valence-corrected chi connectivity index (χ2v) is 7.93. The lowest BCUT2D eigenvalue weighted by Crippen LogP contribution is -2.52. The van der Waals surface area contributed by atoms with Gasteiger partial charge in [-0.05, 0) is 43.9 Å². The Labute approximate surface area is 157 Å². The minimum atomic E-state index is -0.177. The first-order valence-electron chi connectivity index (χ1n) is 8.80. The Balaban J connectivity index is 1.72. The molecule has 1 aliphatic rings. The van der Waals surface area contributed by atoms with Gasteiger partial charge in [-0.3, -0.25) is 10.00 Å². The van der Waals surface area contributed by atoms with Crippen LogP contribution in [0.25, 0.3) is 0 Å². The van der Waals surface area contributed by atoms with Crippen LogP contribution >= 0.6 is 15.9 Å². The van der Waals surface area contributed by atoms with Crippen molar-refractivity contribution in [2.45, 2.75) is 51.0 Å². The fourth-order valence-corrected chi connectivity index (χ4v) is 3.95. The number of urea groups is 1. The van der Waals surface area contributed by atoms with Crippen LogP contribution in [0.2, 0.25) is 0 Å². The van der Waals surface area contributed by atoms with Gasteiger partial charge < -0.3 is 5.32 Å². The summed E-state index contributed by atoms with van der Waals surface area (Å²) in [5.74, 6) is 0.713. The number of hydrogen-bond acceptors (Lipinski definition) is 2. The summed E-state index contributed by atoms with van der Waals surface area (Å²) >= 11 is 3.48. The molecule has 6 heteroatoms. The molecule has 0 bridgehead atoms. The number of carbonyl (C=O) groups excluding carboxylic acids is 1. The maximum absolute atomic E-state index is 12.6. The van der Waals surface area contributed by atoms with Crippen LogP contribution in [0, 0.1) is 6.92 Å². The third-order valence-electron chi connectivity index (χ3n) is 4.89. The highest BCUT2D eigenvalue weighted by molar-refractivity contribution is 9.10. The van der Waals surface area contributed by atoms with Crippen LogP contribution in [-0.2, 0) is 13.5 Å². The molecule has 2 N–H and O–H groups in total. The molecule has 25 heavy (non-hydrogen) atoms. The number of amides is 2. The van der Waals surface area contributed by atoms with Crippen molar-refractivity contribution >= 4 is 27.8 Å². The van der Waals surface area contributed by atoms with Crippen molar-refractivity contribution in [1.29, 1.82) is 0 Å². The van der Waals surface area contributed by atoms with Gasteiger partial charge in [-0.2, -0.15) is 5.10 Å². The summed E-state index contributed by atoms with van der Waals surface area (Å²) in [5.41, 5.74) is 1.96. The van der Waals surface area contributed by atoms with E-state index in [9.17, 15) is 4.79 Å². The third kappa shape index (κ3) is 4.63. The Hall–Kier alpha value is -1.82. The standard InChI is InChI=1S/C19H25BrN4O/c1-14-12-17(24(2)23-14)21-18(25)22-19(10-4-3-5-11-19)13-15-6-8-16(20)9-7-15/h6-9,12H,3-5,10-11,13H2,1-2H3,(H2,21,22,25). The minimum absolute atomic E-state index is 0.151. The topological polar surface area (TPSA) is 59.0 Å². The number of halogens is 1. The van der Waals surface area contributed by atoms with Gasteiger partial charge in [0.2, 0.25) is 0 Å². The molecule has 1 fully saturated rings. The zero-order valence-corrected chi connectivity index (χ0v) is 16.4. The van der Waals surface area contributed by atoms with E-state index in [1.165, 1.54) is 12.0 Å². The largest absolute Gasteiger partial charge is 0.332 e. The van der Waals surface area contributed by atoms with Crippen LogP contribution in [0.4, 0.5) is 10.6 Å². The zero-order chi connectivity index (χ0) is 17.9. The molecule has 3 rings (SSSR count). The Morgan fingerprint density at radius 3 is 2.52 bits per heavy atom. The number of nitrogens with zero attached hydrogens (tertiary/aromatic N) is 2. The van der Waals surface area contributed by atoms with Crippen molar-refractivity contribution in [1.82, 2.24) is 15.1 Å². The second kappa shape index (κ2) is 7.60. The Kier molecular flexibility index (Phi) is 5.47. The Morgan fingerprint density at radius 2 is 1.92 bits per heavy atom. The van der Waals surface area contributed by atoms with Gasteiger partial charge in [0.1, 0.15) is 5.82 Å². The highest BCUT2D eigenvalue weighted by atomic mass is 79.9. The molecule has 1 aromatic heterocycles. The predicted octanol–water partition coefficient (Wildman–Crippen LogP) is 4.56. The lowest BCUT2D eigenvalue weighted by atomic mass is 9.77. The highest BCUT2D eigenvalue weighted by Crippen LogP contribution is 2.32. The number of benzene rings is 1. The maximum Gasteiger partial charge on any atom is 0.320 e. The van der Waals surface area contributed by atoms with Gasteiger partial charge in [-0.25, -0.2) is 4.79 Å². The van der Waals surface area contributed by atoms with E-state index in [1.807, 2.05) is 20.0 Å². The summed E-state index contributed by atoms with van der Waals surface area (Å²) in [7, 11) is 1.83. The number of carbonyl (C=O) groups is 1. The molecule has 5 nitrogen and oxygen atoms in total. The van der Waals surface area contributed by atoms with E-state index in [0.29, 0.717) is 5.82 Å². The molecule has 0 saturated heterocycles. The fraction of sp³-hybridized carbons (Fsp3) is 0.474. The summed E-state index contributed by atoms with van der Waals surface area (Å²) in [6, 6.07) is 10.1. The van der Waals surface area contributed by atoms with Crippen molar-refractivity contribution in [3.63, 3.8) is 0 Å². The van der Waals surface area contributed by atoms with E-state index in [4.69, 9.17) is 0 Å². The van der Waals surface area contributed by atoms with E-state index in [2.05, 4.69) is 55.9 Å². The molecule has 1 heterocycles. The monoisotopic (exact) mass is 404 g/mol. The Bertz CT molecular complexity index is 732. The van der Waals surface area contributed by atoms with Gasteiger partial charge >= 0.3 is 6.03 Å². The van der Waals surface area contributed by atoms with E-state index in [0.717, 1.165) is 42.3 Å². The molecule has 0 atom stereocenters. The third-order valence-corrected chi connectivity index (χ3v) is 5.42. The molecule has 0 aliphatic heterocycles. The van der Waals surface area contributed by atoms with E-state index in [1.54, 1.807) is 4.68 Å². The SMILES string of the molecule is Cc1cc(NC(=O)NC2(Cc3ccc(Br)cc3)CCCCC2)n(C)n1. The first kappa shape index (κ1) is 18.0. The first-order chi connectivity index (χ1) is 12.0. The fourth-order valence-electron chi connectivity index (χ4n) is 3.68. The molecule has 1 aliphatic carbocycles. The summed E-state index contributed by atoms with van der Waals surface area (Å²) in [6.07, 6.45) is 6.44. The molecular weight excluding hydrogens is 380 g/mol. The van der Waals surface area contributed by atoms with Crippen molar-refractivity contribution in [2.24, 2.45) is 7.05 Å². The van der Waals surface area contributed by atoms with Gasteiger partial charge in [0.05, 0.1) is 5.69 Å². The number of aromatic nitrogens is 2. The predicted molar refractivity (Wildman–Crippen MR) is 104 cm³/mol. The Morgan fingerprint density at radius 1 is 1.24 bits per heavy atom. The summed E-state index contributed by atoms with van der Waals surface area (Å²) in [4.78, 5) is 12.6. The number of aryl methyl sites for hydroxylation is 2. The average molecular weight is 405 g/mol. The molecule has 0 spiro atoms. The van der Waals surface area contributed by atoms with Crippen LogP contribution in [-0.4, -0.2) is 21.4 Å². The van der Waals surface area contributed by atoms with E-state index < -0.39 is 0 Å². The number of hydrogen-bond donors (Lipinski definition) is 2. The number of nitrogens with one attached hydrogen (secondary N) is 2. The van der Waals surface area contributed by atoms with Crippen LogP contribution < -0.4 is 10.6 Å². The summed E-state index contributed by atoms with van der Waals surface area (Å²) in [5, 5.41) is 10.5. The molecule has 2 amide bonds. The van der Waals surface area contributed by atoms with Crippen molar-refractivity contribution in [3.05, 3.63) is 46.1 Å². The lowest BCUT2D eigenvalue weighted by Gasteiger charge is -2.38. The van der Waals surface area contributed by atoms with Crippen LogP contribution in [0.3, 0.4) is 0 Å². The maximum atomic E-state index is 12.6. The lowest BCUT2D eigenvalue weighted by molar-refractivity contribution is 0.211. The smallest absolute Gasteiger partial charge is 0.320 e. The van der Waals surface area contributed by atoms with E-state index in [-0.39, 0.29) is 11.6 Å². The average Bonchev–Trinajstić information content (AvgIpc) is 2.87. The van der Waals surface area contributed by atoms with Crippen LogP contribution in [0.5, 0.6) is 0 Å². The molecule has 134 valence electrons. The zero-order valence-electron chi connectivity index (χ0n) is 14.8. The van der Waals surface area contributed by atoms with Crippen LogP contribution in [0.15, 0.2) is 34.8 Å². The highest BCUT2D eigenvalue weighted by Gasteiger charge is 2.34. The van der Waals surface area contributed by atoms with Gasteiger partial charge in [0, 0.05) is 23.1 Å². The van der Waals surface area contributed by atoms with Crippen molar-refractivity contribution in [3.8, 4) is 0 Å². The molecule has 0 unspecified atom stereocenters. The second-order valence-electron chi connectivity index (χ2n) is 7.02. The summed E-state index contributed by atoms with van der Waals surface area (Å²) in [6.45, 7) is 1.92. The molecule has 0 radical (unpaired) electrons. The van der Waals surface area contributed by atoms with Crippen molar-refractivity contribution < 1.29 is 4.79 Å². The van der Waals surface area contributed by atoms with Crippen LogP contribution in [0.1, 0.15) is 43.4 Å². The van der Waals surface area contributed by atoms with Crippen molar-refractivity contribution in [2.75, 3.05) is 5.32 Å². The van der Waals surface area contributed by atoms with Gasteiger partial charge in [-0.15, -0.1) is 0 Å². The van der Waals surface area contributed by atoms with Gasteiger partial charge in [0.25, 0.3) is 0 Å². The molecular formula is C19H25BrN4O.